The largest absolute Gasteiger partial charge is 0.466 e. The Labute approximate surface area is 110 Å². The summed E-state index contributed by atoms with van der Waals surface area (Å²) in [5.41, 5.74) is 5.34. The fourth-order valence-electron chi connectivity index (χ4n) is 1.70. The summed E-state index contributed by atoms with van der Waals surface area (Å²) in [6.45, 7) is 3.23. The summed E-state index contributed by atoms with van der Waals surface area (Å²) in [5, 5.41) is 21.0. The highest BCUT2D eigenvalue weighted by molar-refractivity contribution is 5.74. The third kappa shape index (κ3) is 3.19. The predicted octanol–water partition coefficient (Wildman–Crippen LogP) is 1.41. The van der Waals surface area contributed by atoms with Gasteiger partial charge in [0.2, 0.25) is 0 Å². The lowest BCUT2D eigenvalue weighted by Crippen LogP contribution is -2.23. The molecule has 0 aliphatic heterocycles. The van der Waals surface area contributed by atoms with Crippen molar-refractivity contribution < 1.29 is 19.6 Å². The molecule has 0 bridgehead atoms. The van der Waals surface area contributed by atoms with Gasteiger partial charge in [0.1, 0.15) is 6.10 Å². The summed E-state index contributed by atoms with van der Waals surface area (Å²) >= 11 is 0. The summed E-state index contributed by atoms with van der Waals surface area (Å²) in [7, 11) is 0. The molecule has 0 fully saturated rings. The summed E-state index contributed by atoms with van der Waals surface area (Å²) < 4.78 is 4.78. The Kier molecular flexibility index (Phi) is 4.82. The first-order valence-electron chi connectivity index (χ1n) is 5.77. The lowest BCUT2D eigenvalue weighted by Gasteiger charge is -2.19. The van der Waals surface area contributed by atoms with Crippen molar-refractivity contribution in [1.29, 1.82) is 0 Å². The van der Waals surface area contributed by atoms with Gasteiger partial charge in [0, 0.05) is 11.8 Å². The standard InChI is InChI=1S/C12H16N2O5/c1-3-19-12(16)7(2)11(15)10-8(13)5-4-6-9(10)14(17)18/h4-7,11,15H,3,13H2,1-2H3. The molecule has 1 aromatic rings. The monoisotopic (exact) mass is 268 g/mol. The average molecular weight is 268 g/mol. The molecule has 1 aromatic carbocycles. The number of aliphatic hydroxyl groups is 1. The highest BCUT2D eigenvalue weighted by atomic mass is 16.6. The van der Waals surface area contributed by atoms with Crippen molar-refractivity contribution in [3.05, 3.63) is 33.9 Å². The zero-order valence-electron chi connectivity index (χ0n) is 10.7. The van der Waals surface area contributed by atoms with Crippen LogP contribution < -0.4 is 5.73 Å². The second-order valence-corrected chi connectivity index (χ2v) is 4.02. The number of carbonyl (C=O) groups excluding carboxylic acids is 1. The molecule has 0 heterocycles. The number of anilines is 1. The zero-order chi connectivity index (χ0) is 14.6. The first-order chi connectivity index (χ1) is 8.90. The van der Waals surface area contributed by atoms with E-state index in [0.717, 1.165) is 0 Å². The summed E-state index contributed by atoms with van der Waals surface area (Å²) in [4.78, 5) is 21.8. The van der Waals surface area contributed by atoms with Gasteiger partial charge < -0.3 is 15.6 Å². The third-order valence-corrected chi connectivity index (χ3v) is 2.74. The van der Waals surface area contributed by atoms with Gasteiger partial charge in [-0.05, 0) is 19.9 Å². The van der Waals surface area contributed by atoms with Gasteiger partial charge >= 0.3 is 5.97 Å². The molecule has 7 heteroatoms. The molecule has 0 radical (unpaired) electrons. The van der Waals surface area contributed by atoms with Gasteiger partial charge in [-0.1, -0.05) is 6.07 Å². The number of esters is 1. The molecule has 0 spiro atoms. The van der Waals surface area contributed by atoms with Crippen molar-refractivity contribution in [3.63, 3.8) is 0 Å². The lowest BCUT2D eigenvalue weighted by atomic mass is 9.94. The van der Waals surface area contributed by atoms with Gasteiger partial charge in [-0.3, -0.25) is 14.9 Å². The Morgan fingerprint density at radius 3 is 2.74 bits per heavy atom. The first-order valence-corrected chi connectivity index (χ1v) is 5.77. The van der Waals surface area contributed by atoms with E-state index in [9.17, 15) is 20.0 Å². The molecular formula is C12H16N2O5. The molecule has 104 valence electrons. The maximum atomic E-state index is 11.6. The van der Waals surface area contributed by atoms with Crippen LogP contribution in [0.25, 0.3) is 0 Å². The van der Waals surface area contributed by atoms with Gasteiger partial charge in [-0.2, -0.15) is 0 Å². The van der Waals surface area contributed by atoms with Crippen LogP contribution in [0.1, 0.15) is 25.5 Å². The molecule has 2 unspecified atom stereocenters. The van der Waals surface area contributed by atoms with Crippen LogP contribution in [-0.4, -0.2) is 22.6 Å². The van der Waals surface area contributed by atoms with Crippen LogP contribution in [-0.2, 0) is 9.53 Å². The maximum Gasteiger partial charge on any atom is 0.311 e. The van der Waals surface area contributed by atoms with Crippen molar-refractivity contribution in [2.75, 3.05) is 12.3 Å². The highest BCUT2D eigenvalue weighted by Crippen LogP contribution is 2.34. The molecular weight excluding hydrogens is 252 g/mol. The van der Waals surface area contributed by atoms with Gasteiger partial charge in [0.05, 0.1) is 23.0 Å². The number of nitro benzene ring substituents is 1. The Morgan fingerprint density at radius 1 is 1.58 bits per heavy atom. The lowest BCUT2D eigenvalue weighted by molar-refractivity contribution is -0.386. The van der Waals surface area contributed by atoms with Crippen LogP contribution in [0.4, 0.5) is 11.4 Å². The van der Waals surface area contributed by atoms with Crippen LogP contribution in [0.2, 0.25) is 0 Å². The molecule has 19 heavy (non-hydrogen) atoms. The van der Waals surface area contributed by atoms with Crippen molar-refractivity contribution >= 4 is 17.3 Å². The van der Waals surface area contributed by atoms with Crippen LogP contribution in [0.3, 0.4) is 0 Å². The maximum absolute atomic E-state index is 11.6. The topological polar surface area (TPSA) is 116 Å². The molecule has 0 aromatic heterocycles. The van der Waals surface area contributed by atoms with Gasteiger partial charge in [0.25, 0.3) is 5.69 Å². The molecule has 0 amide bonds. The zero-order valence-corrected chi connectivity index (χ0v) is 10.7. The van der Waals surface area contributed by atoms with Crippen molar-refractivity contribution in [2.45, 2.75) is 20.0 Å². The van der Waals surface area contributed by atoms with E-state index in [0.29, 0.717) is 0 Å². The number of carbonyl (C=O) groups is 1. The number of nitrogens with two attached hydrogens (primary N) is 1. The first kappa shape index (κ1) is 14.9. The number of aliphatic hydroxyl groups excluding tert-OH is 1. The minimum atomic E-state index is -1.39. The van der Waals surface area contributed by atoms with E-state index in [4.69, 9.17) is 10.5 Å². The number of nitrogens with zero attached hydrogens (tertiary/aromatic N) is 1. The Morgan fingerprint density at radius 2 is 2.21 bits per heavy atom. The second kappa shape index (κ2) is 6.14. The number of rotatable bonds is 5. The average Bonchev–Trinajstić information content (AvgIpc) is 2.36. The molecule has 0 saturated heterocycles. The molecule has 3 N–H and O–H groups in total. The fourth-order valence-corrected chi connectivity index (χ4v) is 1.70. The minimum absolute atomic E-state index is 0.0620. The van der Waals surface area contributed by atoms with Gasteiger partial charge in [0.15, 0.2) is 0 Å². The number of hydrogen-bond donors (Lipinski definition) is 2. The number of benzene rings is 1. The molecule has 0 saturated carbocycles. The Balaban J connectivity index is 3.15. The van der Waals surface area contributed by atoms with Gasteiger partial charge in [-0.15, -0.1) is 0 Å². The van der Waals surface area contributed by atoms with Crippen LogP contribution in [0.5, 0.6) is 0 Å². The van der Waals surface area contributed by atoms with Crippen molar-refractivity contribution in [3.8, 4) is 0 Å². The summed E-state index contributed by atoms with van der Waals surface area (Å²) in [5.74, 6) is -1.57. The van der Waals surface area contributed by atoms with Crippen molar-refractivity contribution in [2.24, 2.45) is 5.92 Å². The molecule has 7 nitrogen and oxygen atoms in total. The number of ether oxygens (including phenoxy) is 1. The van der Waals surface area contributed by atoms with E-state index in [1.165, 1.54) is 25.1 Å². The quantitative estimate of drug-likeness (QED) is 0.361. The molecule has 2 atom stereocenters. The Hall–Kier alpha value is -2.15. The number of nitrogen functional groups attached to an aromatic ring is 1. The van der Waals surface area contributed by atoms with Crippen LogP contribution in [0.15, 0.2) is 18.2 Å². The molecule has 1 rings (SSSR count). The fraction of sp³-hybridized carbons (Fsp3) is 0.417. The van der Waals surface area contributed by atoms with Crippen LogP contribution in [0, 0.1) is 16.0 Å². The smallest absolute Gasteiger partial charge is 0.311 e. The number of hydrogen-bond acceptors (Lipinski definition) is 6. The molecule has 0 aliphatic carbocycles. The number of nitro groups is 1. The van der Waals surface area contributed by atoms with Gasteiger partial charge in [-0.25, -0.2) is 0 Å². The summed E-state index contributed by atoms with van der Waals surface area (Å²) in [6.07, 6.45) is -1.39. The minimum Gasteiger partial charge on any atom is -0.466 e. The van der Waals surface area contributed by atoms with E-state index in [1.54, 1.807) is 6.92 Å². The second-order valence-electron chi connectivity index (χ2n) is 4.02. The highest BCUT2D eigenvalue weighted by Gasteiger charge is 2.31. The Bertz CT molecular complexity index is 489. The summed E-state index contributed by atoms with van der Waals surface area (Å²) in [6, 6.07) is 4.08. The molecule has 0 aliphatic rings. The van der Waals surface area contributed by atoms with Crippen molar-refractivity contribution in [1.82, 2.24) is 0 Å². The van der Waals surface area contributed by atoms with E-state index in [1.807, 2.05) is 0 Å². The van der Waals surface area contributed by atoms with E-state index in [2.05, 4.69) is 0 Å². The predicted molar refractivity (Wildman–Crippen MR) is 68.3 cm³/mol. The normalized spacial score (nSPS) is 13.6. The van der Waals surface area contributed by atoms with E-state index in [-0.39, 0.29) is 23.5 Å². The van der Waals surface area contributed by atoms with E-state index < -0.39 is 22.9 Å². The SMILES string of the molecule is CCOC(=O)C(C)C(O)c1c(N)cccc1[N+](=O)[O-]. The van der Waals surface area contributed by atoms with E-state index >= 15 is 0 Å². The van der Waals surface area contributed by atoms with Crippen LogP contribution >= 0.6 is 0 Å². The third-order valence-electron chi connectivity index (χ3n) is 2.74.